The Balaban J connectivity index is 1.34. The lowest BCUT2D eigenvalue weighted by Gasteiger charge is -2.34. The van der Waals surface area contributed by atoms with Gasteiger partial charge in [-0.15, -0.1) is 0 Å². The molecule has 2 saturated heterocycles. The molecule has 11 heteroatoms. The summed E-state index contributed by atoms with van der Waals surface area (Å²) in [5, 5.41) is 13.6. The molecule has 2 aromatic carbocycles. The van der Waals surface area contributed by atoms with Crippen molar-refractivity contribution >= 4 is 30.1 Å². The zero-order valence-corrected chi connectivity index (χ0v) is 30.7. The Morgan fingerprint density at radius 2 is 1.75 bits per heavy atom. The lowest BCUT2D eigenvalue weighted by atomic mass is 9.78. The summed E-state index contributed by atoms with van der Waals surface area (Å²) in [6.45, 7) is 10.6. The first-order valence-electron chi connectivity index (χ1n) is 18.1. The van der Waals surface area contributed by atoms with Gasteiger partial charge in [0.25, 0.3) is 0 Å². The van der Waals surface area contributed by atoms with Gasteiger partial charge in [-0.2, -0.15) is 0 Å². The van der Waals surface area contributed by atoms with E-state index in [0.29, 0.717) is 19.6 Å². The summed E-state index contributed by atoms with van der Waals surface area (Å²) in [6, 6.07) is 17.5. The lowest BCUT2D eigenvalue weighted by molar-refractivity contribution is -0.178. The van der Waals surface area contributed by atoms with Gasteiger partial charge in [-0.25, -0.2) is 5.01 Å². The number of amides is 1. The van der Waals surface area contributed by atoms with Crippen molar-refractivity contribution in [2.75, 3.05) is 26.9 Å². The molecule has 2 aromatic rings. The number of hydrogen-bond acceptors (Lipinski definition) is 10. The third kappa shape index (κ3) is 10.5. The highest BCUT2D eigenvalue weighted by molar-refractivity contribution is 5.84. The number of nitrogens with zero attached hydrogens (tertiary/aromatic N) is 2. The number of aliphatic hydroxyl groups is 1. The average Bonchev–Trinajstić information content (AvgIpc) is 3.65. The summed E-state index contributed by atoms with van der Waals surface area (Å²) in [5.74, 6) is -1.94. The van der Waals surface area contributed by atoms with Gasteiger partial charge in [0.05, 0.1) is 45.2 Å². The SMILES string of the molecule is C=CC=N/C=C/c1ccc(CN(C[C@H](O)[C@@H](CC(=O)OC2C3COC4OCC2C4C3)Cc2ccccc2)NC(=O)[C@@H](CC(=O)OC)C(C)(C)C)cc1. The normalized spacial score (nSPS) is 24.2. The highest BCUT2D eigenvalue weighted by Crippen LogP contribution is 2.49. The largest absolute Gasteiger partial charge is 0.469 e. The molecule has 11 nitrogen and oxygen atoms in total. The van der Waals surface area contributed by atoms with Crippen molar-refractivity contribution in [1.82, 2.24) is 10.4 Å². The fourth-order valence-electron chi connectivity index (χ4n) is 7.52. The first-order chi connectivity index (χ1) is 24.9. The van der Waals surface area contributed by atoms with E-state index in [2.05, 4.69) is 17.0 Å². The number of fused-ring (bicyclic) bond motifs is 1. The zero-order chi connectivity index (χ0) is 37.3. The topological polar surface area (TPSA) is 136 Å². The Bertz CT molecular complexity index is 1570. The van der Waals surface area contributed by atoms with Crippen molar-refractivity contribution < 1.29 is 38.4 Å². The van der Waals surface area contributed by atoms with Crippen molar-refractivity contribution in [2.45, 2.75) is 71.5 Å². The number of esters is 2. The van der Waals surface area contributed by atoms with Gasteiger partial charge in [0.1, 0.15) is 6.10 Å². The van der Waals surface area contributed by atoms with E-state index in [-0.39, 0.29) is 68.0 Å². The summed E-state index contributed by atoms with van der Waals surface area (Å²) in [5.41, 5.74) is 5.24. The number of rotatable bonds is 17. The maximum atomic E-state index is 13.9. The maximum Gasteiger partial charge on any atom is 0.306 e. The molecule has 3 fully saturated rings. The molecule has 0 spiro atoms. The van der Waals surface area contributed by atoms with Crippen molar-refractivity contribution in [3.8, 4) is 0 Å². The summed E-state index contributed by atoms with van der Waals surface area (Å²) >= 11 is 0. The molecular formula is C41H53N3O8. The number of allylic oxidation sites excluding steroid dienone is 1. The van der Waals surface area contributed by atoms with Crippen molar-refractivity contribution in [3.05, 3.63) is 90.1 Å². The zero-order valence-electron chi connectivity index (χ0n) is 30.7. The van der Waals surface area contributed by atoms with E-state index in [1.54, 1.807) is 23.5 Å². The van der Waals surface area contributed by atoms with Gasteiger partial charge in [-0.1, -0.05) is 88.0 Å². The summed E-state index contributed by atoms with van der Waals surface area (Å²) in [7, 11) is 1.30. The van der Waals surface area contributed by atoms with Crippen LogP contribution in [0.4, 0.5) is 0 Å². The Morgan fingerprint density at radius 1 is 1.02 bits per heavy atom. The Labute approximate surface area is 307 Å². The minimum absolute atomic E-state index is 0.00801. The molecule has 0 radical (unpaired) electrons. The van der Waals surface area contributed by atoms with E-state index in [0.717, 1.165) is 23.1 Å². The molecule has 2 heterocycles. The van der Waals surface area contributed by atoms with Crippen LogP contribution < -0.4 is 5.43 Å². The molecule has 280 valence electrons. The van der Waals surface area contributed by atoms with E-state index in [1.807, 2.05) is 81.4 Å². The molecule has 2 aliphatic heterocycles. The third-order valence-corrected chi connectivity index (χ3v) is 10.4. The van der Waals surface area contributed by atoms with Crippen LogP contribution in [0.3, 0.4) is 0 Å². The van der Waals surface area contributed by atoms with Gasteiger partial charge < -0.3 is 24.1 Å². The maximum absolute atomic E-state index is 13.9. The summed E-state index contributed by atoms with van der Waals surface area (Å²) in [4.78, 5) is 44.0. The molecule has 1 aliphatic carbocycles. The highest BCUT2D eigenvalue weighted by atomic mass is 16.7. The molecule has 5 rings (SSSR count). The fourth-order valence-corrected chi connectivity index (χ4v) is 7.52. The number of carbonyl (C=O) groups excluding carboxylic acids is 3. The standard InChI is InChI=1S/C41H53N3O8/c1-6-17-42-18-16-27-12-14-29(15-13-27)23-44(43-39(48)34(41(2,3)4)22-36(46)49-5)24-35(45)30(19-28-10-8-7-9-11-28)21-37(47)52-38-31-20-32-33(38)26-51-40(32)50-25-31/h6-18,30-35,38,40,45H,1,19-26H2,2-5H3,(H,43,48)/b18-16+,42-17?/t30-,31?,32?,33?,34-,35+,38?,40?/m1/s1. The van der Waals surface area contributed by atoms with E-state index in [1.165, 1.54) is 7.11 Å². The second-order valence-electron chi connectivity index (χ2n) is 15.2. The fraction of sp³-hybridized carbons (Fsp3) is 0.512. The van der Waals surface area contributed by atoms with Crippen LogP contribution in [0.1, 0.15) is 56.7 Å². The van der Waals surface area contributed by atoms with Gasteiger partial charge in [-0.05, 0) is 41.0 Å². The van der Waals surface area contributed by atoms with E-state index < -0.39 is 29.3 Å². The molecule has 8 atom stereocenters. The Hall–Kier alpha value is -4.16. The number of hydrogen-bond donors (Lipinski definition) is 2. The summed E-state index contributed by atoms with van der Waals surface area (Å²) < 4.78 is 22.7. The number of carbonyl (C=O) groups is 3. The van der Waals surface area contributed by atoms with Crippen molar-refractivity contribution in [3.63, 3.8) is 0 Å². The molecule has 1 saturated carbocycles. The van der Waals surface area contributed by atoms with Crippen LogP contribution in [-0.4, -0.2) is 79.5 Å². The summed E-state index contributed by atoms with van der Waals surface area (Å²) in [6.07, 6.45) is 6.46. The Kier molecular flexibility index (Phi) is 13.6. The van der Waals surface area contributed by atoms with E-state index in [9.17, 15) is 19.5 Å². The predicted molar refractivity (Wildman–Crippen MR) is 197 cm³/mol. The molecule has 52 heavy (non-hydrogen) atoms. The van der Waals surface area contributed by atoms with Crippen LogP contribution in [0, 0.1) is 35.0 Å². The minimum Gasteiger partial charge on any atom is -0.469 e. The van der Waals surface area contributed by atoms with E-state index in [4.69, 9.17) is 18.9 Å². The second kappa shape index (κ2) is 18.1. The van der Waals surface area contributed by atoms with Gasteiger partial charge >= 0.3 is 11.9 Å². The van der Waals surface area contributed by atoms with Crippen LogP contribution >= 0.6 is 0 Å². The van der Waals surface area contributed by atoms with Crippen LogP contribution in [0.25, 0.3) is 6.08 Å². The number of nitrogens with one attached hydrogen (secondary N) is 1. The first-order valence-corrected chi connectivity index (χ1v) is 18.1. The lowest BCUT2D eigenvalue weighted by Crippen LogP contribution is -2.51. The number of ether oxygens (including phenoxy) is 4. The number of aliphatic hydroxyl groups excluding tert-OH is 1. The molecule has 2 N–H and O–H groups in total. The average molecular weight is 716 g/mol. The van der Waals surface area contributed by atoms with Gasteiger partial charge in [0.15, 0.2) is 6.29 Å². The molecule has 1 amide bonds. The minimum atomic E-state index is -1.03. The molecule has 0 aromatic heterocycles. The molecular weight excluding hydrogens is 662 g/mol. The third-order valence-electron chi connectivity index (χ3n) is 10.4. The van der Waals surface area contributed by atoms with Crippen LogP contribution in [0.2, 0.25) is 0 Å². The Morgan fingerprint density at radius 3 is 2.44 bits per heavy atom. The van der Waals surface area contributed by atoms with E-state index >= 15 is 0 Å². The quantitative estimate of drug-likeness (QED) is 0.130. The number of methoxy groups -OCH3 is 1. The van der Waals surface area contributed by atoms with Crippen molar-refractivity contribution in [1.29, 1.82) is 0 Å². The van der Waals surface area contributed by atoms with Gasteiger partial charge in [-0.3, -0.25) is 24.8 Å². The van der Waals surface area contributed by atoms with Crippen molar-refractivity contribution in [2.24, 2.45) is 40.0 Å². The highest BCUT2D eigenvalue weighted by Gasteiger charge is 2.56. The van der Waals surface area contributed by atoms with Crippen LogP contribution in [0.5, 0.6) is 0 Å². The molecule has 3 aliphatic rings. The second-order valence-corrected chi connectivity index (χ2v) is 15.2. The van der Waals surface area contributed by atoms with Crippen LogP contribution in [-0.2, 0) is 46.3 Å². The predicted octanol–water partition coefficient (Wildman–Crippen LogP) is 5.13. The number of aliphatic imine (C=N–C) groups is 1. The molecule has 2 bridgehead atoms. The smallest absolute Gasteiger partial charge is 0.306 e. The van der Waals surface area contributed by atoms with Gasteiger partial charge in [0, 0.05) is 49.2 Å². The van der Waals surface area contributed by atoms with Crippen LogP contribution in [0.15, 0.2) is 78.4 Å². The number of benzene rings is 2. The molecule has 5 unspecified atom stereocenters. The number of hydrazine groups is 1. The first kappa shape index (κ1) is 39.1. The van der Waals surface area contributed by atoms with Gasteiger partial charge in [0.2, 0.25) is 5.91 Å². The monoisotopic (exact) mass is 715 g/mol.